The zero-order valence-corrected chi connectivity index (χ0v) is 15.8. The third kappa shape index (κ3) is 5.87. The van der Waals surface area contributed by atoms with Gasteiger partial charge in [0.2, 0.25) is 11.8 Å². The van der Waals surface area contributed by atoms with Crippen molar-refractivity contribution in [2.24, 2.45) is 0 Å². The predicted molar refractivity (Wildman–Crippen MR) is 100 cm³/mol. The number of amides is 2. The lowest BCUT2D eigenvalue weighted by Gasteiger charge is -2.34. The van der Waals surface area contributed by atoms with E-state index in [0.29, 0.717) is 31.1 Å². The van der Waals surface area contributed by atoms with Crippen LogP contribution < -0.4 is 15.4 Å². The van der Waals surface area contributed by atoms with E-state index >= 15 is 0 Å². The fourth-order valence-corrected chi connectivity index (χ4v) is 2.83. The molecule has 2 rings (SSSR count). The summed E-state index contributed by atoms with van der Waals surface area (Å²) in [4.78, 5) is 38.3. The number of rotatable bonds is 9. The molecule has 1 aliphatic rings. The Balaban J connectivity index is 1.96. The van der Waals surface area contributed by atoms with Crippen molar-refractivity contribution in [2.75, 3.05) is 38.7 Å². The normalized spacial score (nSPS) is 16.4. The lowest BCUT2D eigenvalue weighted by atomic mass is 10.1. The van der Waals surface area contributed by atoms with E-state index in [1.165, 1.54) is 4.90 Å². The molecule has 1 heterocycles. The molecule has 8 heteroatoms. The average Bonchev–Trinajstić information content (AvgIpc) is 2.68. The van der Waals surface area contributed by atoms with E-state index in [1.807, 2.05) is 19.1 Å². The molecular weight excluding hydrogens is 350 g/mol. The molecule has 0 aromatic heterocycles. The third-order valence-corrected chi connectivity index (χ3v) is 4.31. The number of nitrogens with zero attached hydrogens (tertiary/aromatic N) is 1. The number of unbranched alkanes of at least 4 members (excludes halogenated alkanes) is 1. The number of carbonyl (C=O) groups excluding carboxylic acids is 3. The molecule has 2 amide bonds. The number of nitrogens with one attached hydrogen (secondary N) is 2. The van der Waals surface area contributed by atoms with Crippen LogP contribution in [0, 0.1) is 0 Å². The van der Waals surface area contributed by atoms with Crippen LogP contribution in [-0.4, -0.2) is 62.1 Å². The predicted octanol–water partition coefficient (Wildman–Crippen LogP) is 1.17. The summed E-state index contributed by atoms with van der Waals surface area (Å²) < 4.78 is 10.4. The van der Waals surface area contributed by atoms with Crippen molar-refractivity contribution in [3.8, 4) is 5.75 Å². The maximum Gasteiger partial charge on any atom is 0.308 e. The van der Waals surface area contributed by atoms with E-state index in [4.69, 9.17) is 9.47 Å². The van der Waals surface area contributed by atoms with Gasteiger partial charge in [0.05, 0.1) is 32.4 Å². The second-order valence-electron chi connectivity index (χ2n) is 6.23. The van der Waals surface area contributed by atoms with Gasteiger partial charge in [-0.15, -0.1) is 0 Å². The zero-order valence-electron chi connectivity index (χ0n) is 15.8. The number of hydrogen-bond donors (Lipinski definition) is 2. The first kappa shape index (κ1) is 20.5. The van der Waals surface area contributed by atoms with E-state index < -0.39 is 12.0 Å². The van der Waals surface area contributed by atoms with Crippen LogP contribution in [0.25, 0.3) is 0 Å². The molecule has 1 saturated heterocycles. The summed E-state index contributed by atoms with van der Waals surface area (Å²) in [7, 11) is 1.55. The first-order valence-electron chi connectivity index (χ1n) is 9.16. The number of hydrogen-bond acceptors (Lipinski definition) is 6. The number of ether oxygens (including phenoxy) is 2. The number of para-hydroxylation sites is 2. The van der Waals surface area contributed by atoms with Gasteiger partial charge in [-0.3, -0.25) is 14.4 Å². The van der Waals surface area contributed by atoms with Gasteiger partial charge in [-0.05, 0) is 18.6 Å². The highest BCUT2D eigenvalue weighted by atomic mass is 16.5. The molecule has 1 aliphatic heterocycles. The molecule has 1 aromatic rings. The van der Waals surface area contributed by atoms with Gasteiger partial charge in [-0.1, -0.05) is 25.5 Å². The van der Waals surface area contributed by atoms with Gasteiger partial charge in [0.15, 0.2) is 0 Å². The van der Waals surface area contributed by atoms with Gasteiger partial charge in [-0.2, -0.15) is 0 Å². The van der Waals surface area contributed by atoms with Crippen LogP contribution >= 0.6 is 0 Å². The number of methoxy groups -OCH3 is 1. The molecule has 0 aliphatic carbocycles. The maximum absolute atomic E-state index is 12.7. The number of esters is 1. The van der Waals surface area contributed by atoms with E-state index in [0.717, 1.165) is 12.8 Å². The van der Waals surface area contributed by atoms with Gasteiger partial charge < -0.3 is 25.0 Å². The molecule has 1 aromatic carbocycles. The van der Waals surface area contributed by atoms with Crippen molar-refractivity contribution < 1.29 is 23.9 Å². The lowest BCUT2D eigenvalue weighted by molar-refractivity contribution is -0.151. The van der Waals surface area contributed by atoms with Crippen LogP contribution in [0.2, 0.25) is 0 Å². The molecule has 2 N–H and O–H groups in total. The monoisotopic (exact) mass is 377 g/mol. The molecule has 1 fully saturated rings. The van der Waals surface area contributed by atoms with Crippen LogP contribution in [0.4, 0.5) is 5.69 Å². The molecule has 0 radical (unpaired) electrons. The van der Waals surface area contributed by atoms with E-state index in [1.54, 1.807) is 19.2 Å². The molecule has 1 atom stereocenters. The van der Waals surface area contributed by atoms with Gasteiger partial charge in [0.1, 0.15) is 11.8 Å². The molecule has 27 heavy (non-hydrogen) atoms. The third-order valence-electron chi connectivity index (χ3n) is 4.31. The second kappa shape index (κ2) is 10.4. The molecule has 0 saturated carbocycles. The highest BCUT2D eigenvalue weighted by molar-refractivity contribution is 5.93. The molecule has 0 bridgehead atoms. The minimum absolute atomic E-state index is 0.00492. The van der Waals surface area contributed by atoms with Crippen LogP contribution in [0.1, 0.15) is 26.2 Å². The first-order valence-corrected chi connectivity index (χ1v) is 9.16. The smallest absolute Gasteiger partial charge is 0.308 e. The molecular formula is C19H27N3O5. The minimum Gasteiger partial charge on any atom is -0.495 e. The van der Waals surface area contributed by atoms with Crippen molar-refractivity contribution in [2.45, 2.75) is 32.2 Å². The highest BCUT2D eigenvalue weighted by Gasteiger charge is 2.34. The topological polar surface area (TPSA) is 97.0 Å². The lowest BCUT2D eigenvalue weighted by Crippen LogP contribution is -2.58. The second-order valence-corrected chi connectivity index (χ2v) is 6.23. The summed E-state index contributed by atoms with van der Waals surface area (Å²) in [5, 5.41) is 5.73. The maximum atomic E-state index is 12.7. The number of benzene rings is 1. The standard InChI is InChI=1S/C19H27N3O5/c1-3-4-11-27-18(24)12-15-19(25)20-9-10-22(15)17(23)13-21-14-7-5-6-8-16(14)26-2/h5-8,15,21H,3-4,9-13H2,1-2H3,(H,20,25). The Morgan fingerprint density at radius 1 is 1.33 bits per heavy atom. The molecule has 1 unspecified atom stereocenters. The van der Waals surface area contributed by atoms with Gasteiger partial charge in [0.25, 0.3) is 0 Å². The van der Waals surface area contributed by atoms with Crippen LogP contribution in [-0.2, 0) is 19.1 Å². The Bertz CT molecular complexity index is 665. The van der Waals surface area contributed by atoms with E-state index in [-0.39, 0.29) is 24.8 Å². The highest BCUT2D eigenvalue weighted by Crippen LogP contribution is 2.23. The summed E-state index contributed by atoms with van der Waals surface area (Å²) >= 11 is 0. The van der Waals surface area contributed by atoms with Crippen molar-refractivity contribution in [3.63, 3.8) is 0 Å². The van der Waals surface area contributed by atoms with Gasteiger partial charge >= 0.3 is 5.97 Å². The fraction of sp³-hybridized carbons (Fsp3) is 0.526. The summed E-state index contributed by atoms with van der Waals surface area (Å²) in [6, 6.07) is 6.41. The Morgan fingerprint density at radius 2 is 2.11 bits per heavy atom. The van der Waals surface area contributed by atoms with Gasteiger partial charge in [-0.25, -0.2) is 0 Å². The molecule has 8 nitrogen and oxygen atoms in total. The minimum atomic E-state index is -0.847. The first-order chi connectivity index (χ1) is 13.1. The van der Waals surface area contributed by atoms with E-state index in [2.05, 4.69) is 10.6 Å². The largest absolute Gasteiger partial charge is 0.495 e. The molecule has 0 spiro atoms. The number of carbonyl (C=O) groups is 3. The summed E-state index contributed by atoms with van der Waals surface area (Å²) in [5.41, 5.74) is 0.685. The Morgan fingerprint density at radius 3 is 2.85 bits per heavy atom. The summed E-state index contributed by atoms with van der Waals surface area (Å²) in [6.45, 7) is 3.03. The van der Waals surface area contributed by atoms with Crippen molar-refractivity contribution in [1.29, 1.82) is 0 Å². The average molecular weight is 377 g/mol. The van der Waals surface area contributed by atoms with Gasteiger partial charge in [0, 0.05) is 13.1 Å². The quantitative estimate of drug-likeness (QED) is 0.495. The van der Waals surface area contributed by atoms with Crippen molar-refractivity contribution >= 4 is 23.5 Å². The summed E-state index contributed by atoms with van der Waals surface area (Å²) in [6.07, 6.45) is 1.54. The molecule has 148 valence electrons. The Kier molecular flexibility index (Phi) is 7.91. The van der Waals surface area contributed by atoms with Crippen LogP contribution in [0.15, 0.2) is 24.3 Å². The van der Waals surface area contributed by atoms with Crippen molar-refractivity contribution in [3.05, 3.63) is 24.3 Å². The SMILES string of the molecule is CCCCOC(=O)CC1C(=O)NCCN1C(=O)CNc1ccccc1OC. The summed E-state index contributed by atoms with van der Waals surface area (Å²) in [5.74, 6) is -0.444. The Labute approximate surface area is 159 Å². The van der Waals surface area contributed by atoms with Crippen LogP contribution in [0.5, 0.6) is 5.75 Å². The van der Waals surface area contributed by atoms with Crippen molar-refractivity contribution in [1.82, 2.24) is 10.2 Å². The number of anilines is 1. The van der Waals surface area contributed by atoms with Crippen LogP contribution in [0.3, 0.4) is 0 Å². The van der Waals surface area contributed by atoms with E-state index in [9.17, 15) is 14.4 Å². The fourth-order valence-electron chi connectivity index (χ4n) is 2.83. The number of piperazine rings is 1. The zero-order chi connectivity index (χ0) is 19.6. The Hall–Kier alpha value is -2.77.